The van der Waals surface area contributed by atoms with Gasteiger partial charge in [0.25, 0.3) is 17.5 Å². The molecule has 10 heteroatoms. The minimum atomic E-state index is -0.694. The van der Waals surface area contributed by atoms with E-state index >= 15 is 0 Å². The fourth-order valence-corrected chi connectivity index (χ4v) is 2.15. The normalized spacial score (nSPS) is 10.1. The van der Waals surface area contributed by atoms with E-state index in [-0.39, 0.29) is 28.9 Å². The van der Waals surface area contributed by atoms with Crippen LogP contribution in [0.2, 0.25) is 0 Å². The molecule has 0 unspecified atom stereocenters. The third kappa shape index (κ3) is 5.80. The number of amides is 4. The van der Waals surface area contributed by atoms with E-state index in [9.17, 15) is 24.5 Å². The van der Waals surface area contributed by atoms with Gasteiger partial charge in [-0.3, -0.25) is 30.6 Å². The Morgan fingerprint density at radius 1 is 0.929 bits per heavy atom. The molecule has 28 heavy (non-hydrogen) atoms. The summed E-state index contributed by atoms with van der Waals surface area (Å²) >= 11 is 0. The minimum Gasteiger partial charge on any atom is -0.336 e. The quantitative estimate of drug-likeness (QED) is 0.461. The Labute approximate surface area is 160 Å². The Bertz CT molecular complexity index is 895. The molecule has 0 radical (unpaired) electrons. The molecule has 0 aromatic heterocycles. The van der Waals surface area contributed by atoms with E-state index in [1.54, 1.807) is 0 Å². The molecule has 0 aliphatic carbocycles. The summed E-state index contributed by atoms with van der Waals surface area (Å²) in [5, 5.41) is 16.0. The molecular formula is C18H19N5O5. The van der Waals surface area contributed by atoms with Crippen molar-refractivity contribution in [2.45, 2.75) is 19.9 Å². The Morgan fingerprint density at radius 3 is 2.11 bits per heavy atom. The predicted octanol–water partition coefficient (Wildman–Crippen LogP) is 2.20. The number of non-ortho nitro benzene ring substituents is 1. The topological polar surface area (TPSA) is 142 Å². The van der Waals surface area contributed by atoms with Gasteiger partial charge < -0.3 is 10.6 Å². The number of carbonyl (C=O) groups is 3. The first-order valence-electron chi connectivity index (χ1n) is 8.29. The number of carbonyl (C=O) groups excluding carboxylic acids is 3. The van der Waals surface area contributed by atoms with Crippen molar-refractivity contribution in [1.82, 2.24) is 16.2 Å². The van der Waals surface area contributed by atoms with E-state index in [0.29, 0.717) is 5.69 Å². The summed E-state index contributed by atoms with van der Waals surface area (Å²) in [6.07, 6.45) is 0. The summed E-state index contributed by atoms with van der Waals surface area (Å²) in [4.78, 5) is 45.9. The molecule has 2 aromatic rings. The van der Waals surface area contributed by atoms with Gasteiger partial charge in [-0.05, 0) is 44.2 Å². The number of nitrogens with one attached hydrogen (secondary N) is 4. The molecule has 0 fully saturated rings. The van der Waals surface area contributed by atoms with Crippen LogP contribution in [0.15, 0.2) is 48.5 Å². The lowest BCUT2D eigenvalue weighted by Gasteiger charge is -2.11. The number of hydrogen-bond donors (Lipinski definition) is 4. The highest BCUT2D eigenvalue weighted by atomic mass is 16.6. The first-order valence-corrected chi connectivity index (χ1v) is 8.29. The zero-order chi connectivity index (χ0) is 20.7. The SMILES string of the molecule is CC(C)NC(=O)Nc1ccc(C(=O)NNC(=O)c2cccc([N+](=O)[O-])c2)cc1. The average Bonchev–Trinajstić information content (AvgIpc) is 2.65. The molecule has 0 heterocycles. The number of hydrogen-bond acceptors (Lipinski definition) is 5. The second-order valence-corrected chi connectivity index (χ2v) is 6.05. The second kappa shape index (κ2) is 9.12. The summed E-state index contributed by atoms with van der Waals surface area (Å²) < 4.78 is 0. The van der Waals surface area contributed by atoms with Crippen LogP contribution >= 0.6 is 0 Å². The Kier molecular flexibility index (Phi) is 6.63. The van der Waals surface area contributed by atoms with Gasteiger partial charge in [0.1, 0.15) is 0 Å². The number of nitro benzene ring substituents is 1. The van der Waals surface area contributed by atoms with Crippen molar-refractivity contribution < 1.29 is 19.3 Å². The second-order valence-electron chi connectivity index (χ2n) is 6.05. The van der Waals surface area contributed by atoms with Crippen LogP contribution in [0, 0.1) is 10.1 Å². The number of nitrogens with zero attached hydrogens (tertiary/aromatic N) is 1. The van der Waals surface area contributed by atoms with Gasteiger partial charge >= 0.3 is 6.03 Å². The monoisotopic (exact) mass is 385 g/mol. The summed E-state index contributed by atoms with van der Waals surface area (Å²) in [5.41, 5.74) is 4.96. The zero-order valence-electron chi connectivity index (χ0n) is 15.2. The first kappa shape index (κ1) is 20.4. The largest absolute Gasteiger partial charge is 0.336 e. The number of anilines is 1. The molecule has 0 atom stereocenters. The van der Waals surface area contributed by atoms with Gasteiger partial charge in [0, 0.05) is 35.0 Å². The van der Waals surface area contributed by atoms with Crippen molar-refractivity contribution in [3.8, 4) is 0 Å². The maximum atomic E-state index is 12.1. The number of hydrazine groups is 1. The number of rotatable bonds is 5. The van der Waals surface area contributed by atoms with Crippen molar-refractivity contribution in [2.24, 2.45) is 0 Å². The lowest BCUT2D eigenvalue weighted by molar-refractivity contribution is -0.384. The molecule has 4 amide bonds. The third-order valence-electron chi connectivity index (χ3n) is 3.43. The van der Waals surface area contributed by atoms with Crippen molar-refractivity contribution in [1.29, 1.82) is 0 Å². The van der Waals surface area contributed by atoms with Gasteiger partial charge in [0.15, 0.2) is 0 Å². The van der Waals surface area contributed by atoms with E-state index in [4.69, 9.17) is 0 Å². The van der Waals surface area contributed by atoms with Crippen LogP contribution in [0.25, 0.3) is 0 Å². The highest BCUT2D eigenvalue weighted by molar-refractivity contribution is 5.99. The average molecular weight is 385 g/mol. The Balaban J connectivity index is 1.92. The van der Waals surface area contributed by atoms with Gasteiger partial charge in [-0.15, -0.1) is 0 Å². The molecule has 146 valence electrons. The number of urea groups is 1. The van der Waals surface area contributed by atoms with Gasteiger partial charge in [-0.25, -0.2) is 4.79 Å². The molecule has 2 rings (SSSR count). The van der Waals surface area contributed by atoms with E-state index in [1.807, 2.05) is 13.8 Å². The van der Waals surface area contributed by atoms with Crippen molar-refractivity contribution >= 4 is 29.2 Å². The van der Waals surface area contributed by atoms with Gasteiger partial charge in [-0.1, -0.05) is 6.07 Å². The first-order chi connectivity index (χ1) is 13.3. The number of benzene rings is 2. The minimum absolute atomic E-state index is 0.0142. The molecule has 4 N–H and O–H groups in total. The smallest absolute Gasteiger partial charge is 0.319 e. The van der Waals surface area contributed by atoms with Gasteiger partial charge in [0.05, 0.1) is 4.92 Å². The van der Waals surface area contributed by atoms with Crippen molar-refractivity contribution in [3.63, 3.8) is 0 Å². The lowest BCUT2D eigenvalue weighted by Crippen LogP contribution is -2.41. The number of nitro groups is 1. The van der Waals surface area contributed by atoms with Gasteiger partial charge in [-0.2, -0.15) is 0 Å². The highest BCUT2D eigenvalue weighted by Gasteiger charge is 2.13. The molecule has 0 saturated heterocycles. The van der Waals surface area contributed by atoms with Crippen LogP contribution in [0.1, 0.15) is 34.6 Å². The third-order valence-corrected chi connectivity index (χ3v) is 3.43. The summed E-state index contributed by atoms with van der Waals surface area (Å²) in [7, 11) is 0. The van der Waals surface area contributed by atoms with E-state index in [2.05, 4.69) is 21.5 Å². The van der Waals surface area contributed by atoms with Crippen molar-refractivity contribution in [2.75, 3.05) is 5.32 Å². The maximum Gasteiger partial charge on any atom is 0.319 e. The Hall–Kier alpha value is -3.95. The van der Waals surface area contributed by atoms with Crippen LogP contribution < -0.4 is 21.5 Å². The summed E-state index contributed by atoms with van der Waals surface area (Å²) in [5.74, 6) is -1.28. The fourth-order valence-electron chi connectivity index (χ4n) is 2.15. The summed E-state index contributed by atoms with van der Waals surface area (Å²) in [6.45, 7) is 3.66. The molecule has 0 bridgehead atoms. The maximum absolute atomic E-state index is 12.1. The molecule has 10 nitrogen and oxygen atoms in total. The van der Waals surface area contributed by atoms with Crippen LogP contribution in [-0.4, -0.2) is 28.8 Å². The van der Waals surface area contributed by atoms with Crippen LogP contribution in [0.4, 0.5) is 16.2 Å². The van der Waals surface area contributed by atoms with Crippen LogP contribution in [0.3, 0.4) is 0 Å². The van der Waals surface area contributed by atoms with Crippen LogP contribution in [-0.2, 0) is 0 Å². The lowest BCUT2D eigenvalue weighted by atomic mass is 10.2. The molecule has 0 saturated carbocycles. The van der Waals surface area contributed by atoms with Gasteiger partial charge in [0.2, 0.25) is 0 Å². The molecule has 2 aromatic carbocycles. The summed E-state index contributed by atoms with van der Waals surface area (Å²) in [6, 6.07) is 10.8. The molecular weight excluding hydrogens is 366 g/mol. The standard InChI is InChI=1S/C18H19N5O5/c1-11(2)19-18(26)20-14-8-6-12(7-9-14)16(24)21-22-17(25)13-4-3-5-15(10-13)23(27)28/h3-11H,1-2H3,(H,21,24)(H,22,25)(H2,19,20,26). The zero-order valence-corrected chi connectivity index (χ0v) is 15.2. The molecule has 0 aliphatic heterocycles. The molecule has 0 spiro atoms. The molecule has 0 aliphatic rings. The van der Waals surface area contributed by atoms with E-state index < -0.39 is 16.7 Å². The van der Waals surface area contributed by atoms with E-state index in [0.717, 1.165) is 6.07 Å². The van der Waals surface area contributed by atoms with E-state index in [1.165, 1.54) is 42.5 Å². The fraction of sp³-hybridized carbons (Fsp3) is 0.167. The van der Waals surface area contributed by atoms with Crippen molar-refractivity contribution in [3.05, 3.63) is 69.8 Å². The Morgan fingerprint density at radius 2 is 1.54 bits per heavy atom. The van der Waals surface area contributed by atoms with Crippen LogP contribution in [0.5, 0.6) is 0 Å². The highest BCUT2D eigenvalue weighted by Crippen LogP contribution is 2.13. The predicted molar refractivity (Wildman–Crippen MR) is 102 cm³/mol.